The lowest BCUT2D eigenvalue weighted by atomic mass is 10.0. The molecular weight excluding hydrogens is 219 g/mol. The highest BCUT2D eigenvalue weighted by Gasteiger charge is 2.14. The van der Waals surface area contributed by atoms with E-state index in [9.17, 15) is 9.50 Å². The number of hydrogen-bond donors (Lipinski definition) is 2. The normalized spacial score (nSPS) is 12.6. The molecule has 0 aliphatic heterocycles. The van der Waals surface area contributed by atoms with Gasteiger partial charge in [-0.25, -0.2) is 4.39 Å². The lowest BCUT2D eigenvalue weighted by Gasteiger charge is -2.09. The van der Waals surface area contributed by atoms with Crippen LogP contribution in [-0.2, 0) is 0 Å². The number of hydrogen-bond acceptors (Lipinski definition) is 2. The van der Waals surface area contributed by atoms with E-state index >= 15 is 0 Å². The van der Waals surface area contributed by atoms with E-state index < -0.39 is 6.10 Å². The van der Waals surface area contributed by atoms with Gasteiger partial charge in [0.1, 0.15) is 5.82 Å². The summed E-state index contributed by atoms with van der Waals surface area (Å²) in [5.74, 6) is -0.274. The molecule has 90 valence electrons. The van der Waals surface area contributed by atoms with Gasteiger partial charge in [0.25, 0.3) is 0 Å². The third-order valence-corrected chi connectivity index (χ3v) is 2.72. The third kappa shape index (κ3) is 2.53. The Labute approximate surface area is 99.3 Å². The van der Waals surface area contributed by atoms with E-state index in [2.05, 4.69) is 10.2 Å². The second-order valence-corrected chi connectivity index (χ2v) is 4.01. The predicted octanol–water partition coefficient (Wildman–Crippen LogP) is 3.05. The molecule has 3 nitrogen and oxygen atoms in total. The molecule has 0 amide bonds. The minimum absolute atomic E-state index is 0.274. The van der Waals surface area contributed by atoms with Crippen molar-refractivity contribution in [3.63, 3.8) is 0 Å². The summed E-state index contributed by atoms with van der Waals surface area (Å²) in [5, 5.41) is 16.8. The maximum atomic E-state index is 12.8. The van der Waals surface area contributed by atoms with Crippen LogP contribution in [0.2, 0.25) is 0 Å². The zero-order valence-corrected chi connectivity index (χ0v) is 9.65. The van der Waals surface area contributed by atoms with Crippen molar-refractivity contribution in [2.45, 2.75) is 25.9 Å². The van der Waals surface area contributed by atoms with Gasteiger partial charge in [0.2, 0.25) is 0 Å². The lowest BCUT2D eigenvalue weighted by Crippen LogP contribution is -1.97. The number of aromatic nitrogens is 2. The summed E-state index contributed by atoms with van der Waals surface area (Å²) < 4.78 is 12.8. The Morgan fingerprint density at radius 1 is 1.35 bits per heavy atom. The van der Waals surface area contributed by atoms with E-state index in [1.165, 1.54) is 12.1 Å². The average molecular weight is 234 g/mol. The van der Waals surface area contributed by atoms with Crippen LogP contribution in [0.15, 0.2) is 30.5 Å². The summed E-state index contributed by atoms with van der Waals surface area (Å²) >= 11 is 0. The highest BCUT2D eigenvalue weighted by molar-refractivity contribution is 5.62. The van der Waals surface area contributed by atoms with Crippen LogP contribution in [-0.4, -0.2) is 15.3 Å². The van der Waals surface area contributed by atoms with E-state index in [0.717, 1.165) is 23.2 Å². The maximum Gasteiger partial charge on any atom is 0.123 e. The predicted molar refractivity (Wildman–Crippen MR) is 63.8 cm³/mol. The molecule has 0 saturated carbocycles. The van der Waals surface area contributed by atoms with Gasteiger partial charge in [0, 0.05) is 11.1 Å². The minimum atomic E-state index is -0.529. The summed E-state index contributed by atoms with van der Waals surface area (Å²) in [7, 11) is 0. The molecule has 0 saturated heterocycles. The number of H-pyrrole nitrogens is 1. The monoisotopic (exact) mass is 234 g/mol. The molecule has 0 aliphatic carbocycles. The van der Waals surface area contributed by atoms with Crippen molar-refractivity contribution >= 4 is 0 Å². The van der Waals surface area contributed by atoms with Gasteiger partial charge in [-0.2, -0.15) is 5.10 Å². The standard InChI is InChI=1S/C13H15FN2O/c1-2-3-12(17)11-8-15-16-13(11)9-4-6-10(14)7-5-9/h4-8,12,17H,2-3H2,1H3,(H,15,16). The van der Waals surface area contributed by atoms with Gasteiger partial charge in [-0.05, 0) is 30.7 Å². The zero-order valence-electron chi connectivity index (χ0n) is 9.65. The van der Waals surface area contributed by atoms with Crippen LogP contribution < -0.4 is 0 Å². The topological polar surface area (TPSA) is 48.9 Å². The molecule has 0 radical (unpaired) electrons. The molecule has 1 atom stereocenters. The van der Waals surface area contributed by atoms with Gasteiger partial charge in [0.15, 0.2) is 0 Å². The molecule has 2 rings (SSSR count). The van der Waals surface area contributed by atoms with E-state index in [1.807, 2.05) is 6.92 Å². The fourth-order valence-electron chi connectivity index (χ4n) is 1.82. The van der Waals surface area contributed by atoms with Gasteiger partial charge in [-0.1, -0.05) is 13.3 Å². The molecule has 0 aliphatic rings. The molecule has 4 heteroatoms. The molecule has 0 bridgehead atoms. The molecular formula is C13H15FN2O. The minimum Gasteiger partial charge on any atom is -0.388 e. The first-order chi connectivity index (χ1) is 8.22. The summed E-state index contributed by atoms with van der Waals surface area (Å²) in [6, 6.07) is 6.13. The molecule has 2 aromatic rings. The number of nitrogens with zero attached hydrogens (tertiary/aromatic N) is 1. The van der Waals surface area contributed by atoms with E-state index in [1.54, 1.807) is 18.3 Å². The van der Waals surface area contributed by atoms with Crippen molar-refractivity contribution in [3.8, 4) is 11.3 Å². The van der Waals surface area contributed by atoms with Crippen LogP contribution >= 0.6 is 0 Å². The van der Waals surface area contributed by atoms with Crippen molar-refractivity contribution < 1.29 is 9.50 Å². The van der Waals surface area contributed by atoms with Gasteiger partial charge < -0.3 is 5.11 Å². The first-order valence-electron chi connectivity index (χ1n) is 5.69. The summed E-state index contributed by atoms with van der Waals surface area (Å²) in [4.78, 5) is 0. The smallest absolute Gasteiger partial charge is 0.123 e. The van der Waals surface area contributed by atoms with Crippen molar-refractivity contribution in [3.05, 3.63) is 41.8 Å². The Morgan fingerprint density at radius 2 is 2.06 bits per heavy atom. The SMILES string of the molecule is CCCC(O)c1cn[nH]c1-c1ccc(F)cc1. The van der Waals surface area contributed by atoms with Crippen LogP contribution in [0.5, 0.6) is 0 Å². The van der Waals surface area contributed by atoms with Crippen LogP contribution in [0, 0.1) is 5.82 Å². The second-order valence-electron chi connectivity index (χ2n) is 4.01. The van der Waals surface area contributed by atoms with Crippen LogP contribution in [0.4, 0.5) is 4.39 Å². The summed E-state index contributed by atoms with van der Waals surface area (Å²) in [5.41, 5.74) is 2.35. The molecule has 2 N–H and O–H groups in total. The van der Waals surface area contributed by atoms with E-state index in [4.69, 9.17) is 0 Å². The Hall–Kier alpha value is -1.68. The highest BCUT2D eigenvalue weighted by Crippen LogP contribution is 2.28. The Bertz CT molecular complexity index is 478. The third-order valence-electron chi connectivity index (χ3n) is 2.72. The van der Waals surface area contributed by atoms with Crippen molar-refractivity contribution in [2.24, 2.45) is 0 Å². The first-order valence-corrected chi connectivity index (χ1v) is 5.69. The lowest BCUT2D eigenvalue weighted by molar-refractivity contribution is 0.167. The van der Waals surface area contributed by atoms with Crippen molar-refractivity contribution in [2.75, 3.05) is 0 Å². The summed E-state index contributed by atoms with van der Waals surface area (Å²) in [6.45, 7) is 2.01. The number of aliphatic hydroxyl groups excluding tert-OH is 1. The van der Waals surface area contributed by atoms with Gasteiger partial charge in [-0.15, -0.1) is 0 Å². The fraction of sp³-hybridized carbons (Fsp3) is 0.308. The number of aliphatic hydroxyl groups is 1. The quantitative estimate of drug-likeness (QED) is 0.854. The maximum absolute atomic E-state index is 12.8. The molecule has 1 aromatic carbocycles. The molecule has 17 heavy (non-hydrogen) atoms. The van der Waals surface area contributed by atoms with Crippen LogP contribution in [0.1, 0.15) is 31.4 Å². The molecule has 1 unspecified atom stereocenters. The largest absolute Gasteiger partial charge is 0.388 e. The van der Waals surface area contributed by atoms with E-state index in [0.29, 0.717) is 6.42 Å². The average Bonchev–Trinajstić information content (AvgIpc) is 2.79. The number of rotatable bonds is 4. The Morgan fingerprint density at radius 3 is 2.71 bits per heavy atom. The van der Waals surface area contributed by atoms with Gasteiger partial charge in [-0.3, -0.25) is 5.10 Å². The first kappa shape index (κ1) is 11.8. The summed E-state index contributed by atoms with van der Waals surface area (Å²) in [6.07, 6.45) is 2.68. The van der Waals surface area contributed by atoms with Crippen LogP contribution in [0.25, 0.3) is 11.3 Å². The molecule has 0 spiro atoms. The van der Waals surface area contributed by atoms with Gasteiger partial charge in [0.05, 0.1) is 18.0 Å². The number of nitrogens with one attached hydrogen (secondary N) is 1. The van der Waals surface area contributed by atoms with Crippen molar-refractivity contribution in [1.29, 1.82) is 0 Å². The Kier molecular flexibility index (Phi) is 3.54. The van der Waals surface area contributed by atoms with E-state index in [-0.39, 0.29) is 5.82 Å². The molecule has 0 fully saturated rings. The molecule has 1 aromatic heterocycles. The van der Waals surface area contributed by atoms with Crippen molar-refractivity contribution in [1.82, 2.24) is 10.2 Å². The zero-order chi connectivity index (χ0) is 12.3. The second kappa shape index (κ2) is 5.10. The Balaban J connectivity index is 2.33. The highest BCUT2D eigenvalue weighted by atomic mass is 19.1. The number of halogens is 1. The molecule has 1 heterocycles. The van der Waals surface area contributed by atoms with Crippen LogP contribution in [0.3, 0.4) is 0 Å². The number of aromatic amines is 1. The van der Waals surface area contributed by atoms with Gasteiger partial charge >= 0.3 is 0 Å². The number of benzene rings is 1. The fourth-order valence-corrected chi connectivity index (χ4v) is 1.82.